The van der Waals surface area contributed by atoms with E-state index in [-0.39, 0.29) is 30.0 Å². The summed E-state index contributed by atoms with van der Waals surface area (Å²) in [5.74, 6) is 1.32. The normalized spacial score (nSPS) is 25.0. The van der Waals surface area contributed by atoms with E-state index in [2.05, 4.69) is 36.0 Å². The average Bonchev–Trinajstić information content (AvgIpc) is 2.68. The van der Waals surface area contributed by atoms with Crippen molar-refractivity contribution in [2.45, 2.75) is 59.7 Å². The van der Waals surface area contributed by atoms with Crippen LogP contribution in [-0.2, 0) is 19.5 Å². The molecule has 9 heteroatoms. The molecule has 0 aromatic carbocycles. The molecule has 0 aromatic heterocycles. The summed E-state index contributed by atoms with van der Waals surface area (Å²) in [6, 6.07) is 0. The van der Waals surface area contributed by atoms with Gasteiger partial charge in [0.2, 0.25) is 10.0 Å². The van der Waals surface area contributed by atoms with Gasteiger partial charge < -0.3 is 19.7 Å². The molecule has 0 bridgehead atoms. The molecule has 1 N–H and O–H groups in total. The molecule has 30 heavy (non-hydrogen) atoms. The number of nitrogens with one attached hydrogen (secondary N) is 1. The lowest BCUT2D eigenvalue weighted by Crippen LogP contribution is -2.55. The number of hydrogen-bond acceptors (Lipinski definition) is 5. The molecule has 0 aromatic rings. The second kappa shape index (κ2) is 11.1. The molecule has 2 saturated heterocycles. The summed E-state index contributed by atoms with van der Waals surface area (Å²) in [4.78, 5) is 6.59. The van der Waals surface area contributed by atoms with Crippen molar-refractivity contribution >= 4 is 16.0 Å². The van der Waals surface area contributed by atoms with Gasteiger partial charge in [-0.15, -0.1) is 0 Å². The van der Waals surface area contributed by atoms with Gasteiger partial charge in [0.15, 0.2) is 5.96 Å². The van der Waals surface area contributed by atoms with Crippen LogP contribution in [0.25, 0.3) is 0 Å². The van der Waals surface area contributed by atoms with E-state index in [1.54, 1.807) is 11.4 Å². The number of piperazine rings is 1. The van der Waals surface area contributed by atoms with Crippen LogP contribution >= 0.6 is 0 Å². The Kier molecular flexibility index (Phi) is 9.39. The highest BCUT2D eigenvalue weighted by Crippen LogP contribution is 2.33. The van der Waals surface area contributed by atoms with E-state index in [9.17, 15) is 8.42 Å². The minimum atomic E-state index is -3.28. The van der Waals surface area contributed by atoms with Gasteiger partial charge in [-0.3, -0.25) is 4.99 Å². The Balaban J connectivity index is 1.85. The smallest absolute Gasteiger partial charge is 0.216 e. The summed E-state index contributed by atoms with van der Waals surface area (Å²) in [7, 11) is -1.50. The van der Waals surface area contributed by atoms with Crippen molar-refractivity contribution in [1.29, 1.82) is 0 Å². The van der Waals surface area contributed by atoms with Crippen molar-refractivity contribution in [1.82, 2.24) is 14.5 Å². The maximum atomic E-state index is 12.5. The topological polar surface area (TPSA) is 83.5 Å². The molecule has 0 amide bonds. The molecule has 2 heterocycles. The van der Waals surface area contributed by atoms with E-state index >= 15 is 0 Å². The fourth-order valence-corrected chi connectivity index (χ4v) is 5.55. The van der Waals surface area contributed by atoms with Gasteiger partial charge in [0.05, 0.1) is 24.6 Å². The molecule has 2 aliphatic heterocycles. The quantitative estimate of drug-likeness (QED) is 0.474. The number of rotatable bonds is 7. The van der Waals surface area contributed by atoms with E-state index in [1.807, 2.05) is 13.8 Å². The van der Waals surface area contributed by atoms with Crippen molar-refractivity contribution in [3.05, 3.63) is 0 Å². The highest BCUT2D eigenvalue weighted by molar-refractivity contribution is 7.89. The summed E-state index contributed by atoms with van der Waals surface area (Å²) >= 11 is 0. The predicted molar refractivity (Wildman–Crippen MR) is 121 cm³/mol. The Hall–Kier alpha value is -0.900. The summed E-state index contributed by atoms with van der Waals surface area (Å²) in [6.07, 6.45) is 2.51. The number of sulfonamides is 1. The van der Waals surface area contributed by atoms with Crippen molar-refractivity contribution in [2.24, 2.45) is 16.3 Å². The van der Waals surface area contributed by atoms with E-state index in [0.717, 1.165) is 32.0 Å². The first kappa shape index (κ1) is 25.4. The second-order valence-electron chi connectivity index (χ2n) is 9.61. The molecular weight excluding hydrogens is 404 g/mol. The molecule has 2 fully saturated rings. The predicted octanol–water partition coefficient (Wildman–Crippen LogP) is 1.78. The van der Waals surface area contributed by atoms with Crippen LogP contribution < -0.4 is 5.32 Å². The van der Waals surface area contributed by atoms with Crippen LogP contribution in [0.1, 0.15) is 47.5 Å². The summed E-state index contributed by atoms with van der Waals surface area (Å²) in [5, 5.41) is 3.52. The molecule has 8 nitrogen and oxygen atoms in total. The zero-order valence-corrected chi connectivity index (χ0v) is 20.5. The van der Waals surface area contributed by atoms with Crippen LogP contribution in [0.2, 0.25) is 0 Å². The lowest BCUT2D eigenvalue weighted by atomic mass is 9.78. The monoisotopic (exact) mass is 446 g/mol. The fraction of sp³-hybridized carbons (Fsp3) is 0.952. The number of ether oxygens (including phenoxy) is 2. The zero-order valence-electron chi connectivity index (χ0n) is 19.7. The van der Waals surface area contributed by atoms with Crippen LogP contribution in [0.3, 0.4) is 0 Å². The largest absolute Gasteiger partial charge is 0.378 e. The van der Waals surface area contributed by atoms with E-state index < -0.39 is 10.0 Å². The van der Waals surface area contributed by atoms with E-state index in [4.69, 9.17) is 9.47 Å². The van der Waals surface area contributed by atoms with Gasteiger partial charge in [-0.05, 0) is 32.1 Å². The summed E-state index contributed by atoms with van der Waals surface area (Å²) < 4.78 is 38.2. The lowest BCUT2D eigenvalue weighted by Gasteiger charge is -2.41. The van der Waals surface area contributed by atoms with Crippen LogP contribution in [-0.4, -0.2) is 94.5 Å². The minimum Gasteiger partial charge on any atom is -0.378 e. The molecule has 2 aliphatic rings. The summed E-state index contributed by atoms with van der Waals surface area (Å²) in [6.45, 7) is 14.6. The Morgan fingerprint density at radius 3 is 2.47 bits per heavy atom. The lowest BCUT2D eigenvalue weighted by molar-refractivity contribution is -0.0836. The molecule has 0 spiro atoms. The van der Waals surface area contributed by atoms with Crippen molar-refractivity contribution in [3.8, 4) is 0 Å². The molecule has 2 rings (SSSR count). The third-order valence-corrected chi connectivity index (χ3v) is 7.59. The average molecular weight is 447 g/mol. The standard InChI is InChI=1S/C21H42N4O4S/c1-17(2)28-14-15-30(26,27)25-11-9-24(10-12-25)20(22-6)23-16-18-8-7-13-29-19(18)21(3,4)5/h17-19H,7-16H2,1-6H3,(H,22,23). The van der Waals surface area contributed by atoms with Crippen molar-refractivity contribution in [3.63, 3.8) is 0 Å². The van der Waals surface area contributed by atoms with Gasteiger partial charge in [-0.1, -0.05) is 20.8 Å². The Morgan fingerprint density at radius 1 is 1.23 bits per heavy atom. The Labute approximate surface area is 183 Å². The number of hydrogen-bond donors (Lipinski definition) is 1. The van der Waals surface area contributed by atoms with E-state index in [1.165, 1.54) is 0 Å². The van der Waals surface area contributed by atoms with Gasteiger partial charge in [-0.25, -0.2) is 8.42 Å². The van der Waals surface area contributed by atoms with Gasteiger partial charge in [-0.2, -0.15) is 4.31 Å². The van der Waals surface area contributed by atoms with Gasteiger partial charge in [0.1, 0.15) is 0 Å². The first-order chi connectivity index (χ1) is 14.0. The van der Waals surface area contributed by atoms with Gasteiger partial charge >= 0.3 is 0 Å². The van der Waals surface area contributed by atoms with Gasteiger partial charge in [0.25, 0.3) is 0 Å². The molecule has 2 unspecified atom stereocenters. The van der Waals surface area contributed by atoms with Crippen LogP contribution in [0, 0.1) is 11.3 Å². The Bertz CT molecular complexity index is 652. The van der Waals surface area contributed by atoms with Crippen molar-refractivity contribution < 1.29 is 17.9 Å². The minimum absolute atomic E-state index is 0.0357. The number of aliphatic imine (C=N–C) groups is 1. The maximum absolute atomic E-state index is 12.5. The molecule has 0 radical (unpaired) electrons. The molecule has 0 saturated carbocycles. The van der Waals surface area contributed by atoms with Gasteiger partial charge in [0, 0.05) is 52.3 Å². The first-order valence-electron chi connectivity index (χ1n) is 11.2. The highest BCUT2D eigenvalue weighted by atomic mass is 32.2. The zero-order chi connectivity index (χ0) is 22.4. The molecule has 2 atom stereocenters. The van der Waals surface area contributed by atoms with Crippen LogP contribution in [0.15, 0.2) is 4.99 Å². The SMILES string of the molecule is CN=C(NCC1CCCOC1C(C)(C)C)N1CCN(S(=O)(=O)CCOC(C)C)CC1. The Morgan fingerprint density at radius 2 is 1.90 bits per heavy atom. The molecule has 176 valence electrons. The van der Waals surface area contributed by atoms with Crippen LogP contribution in [0.4, 0.5) is 0 Å². The highest BCUT2D eigenvalue weighted by Gasteiger charge is 2.35. The summed E-state index contributed by atoms with van der Waals surface area (Å²) in [5.41, 5.74) is 0.107. The fourth-order valence-electron chi connectivity index (χ4n) is 4.26. The molecule has 0 aliphatic carbocycles. The van der Waals surface area contributed by atoms with Crippen LogP contribution in [0.5, 0.6) is 0 Å². The molecular formula is C21H42N4O4S. The second-order valence-corrected chi connectivity index (χ2v) is 11.7. The first-order valence-corrected chi connectivity index (χ1v) is 12.8. The number of nitrogens with zero attached hydrogens (tertiary/aromatic N) is 3. The number of guanidine groups is 1. The third kappa shape index (κ3) is 7.35. The van der Waals surface area contributed by atoms with Crippen molar-refractivity contribution in [2.75, 3.05) is 58.7 Å². The van der Waals surface area contributed by atoms with E-state index in [0.29, 0.717) is 32.1 Å². The third-order valence-electron chi connectivity index (χ3n) is 5.76. The maximum Gasteiger partial charge on any atom is 0.216 e.